The Hall–Kier alpha value is -2.81. The Balaban J connectivity index is 1.91. The summed E-state index contributed by atoms with van der Waals surface area (Å²) >= 11 is 0. The number of para-hydroxylation sites is 2. The molecule has 0 saturated carbocycles. The highest BCUT2D eigenvalue weighted by Crippen LogP contribution is 2.25. The van der Waals surface area contributed by atoms with Gasteiger partial charge in [0.15, 0.2) is 0 Å². The number of benzene rings is 2. The van der Waals surface area contributed by atoms with E-state index in [0.29, 0.717) is 0 Å². The van der Waals surface area contributed by atoms with E-state index in [1.165, 1.54) is 21.9 Å². The van der Waals surface area contributed by atoms with Gasteiger partial charge in [-0.05, 0) is 36.8 Å². The molecule has 0 saturated heterocycles. The molecule has 2 aromatic carbocycles. The summed E-state index contributed by atoms with van der Waals surface area (Å²) in [5.41, 5.74) is 10.7. The lowest BCUT2D eigenvalue weighted by atomic mass is 10.1. The molecule has 22 heavy (non-hydrogen) atoms. The zero-order valence-electron chi connectivity index (χ0n) is 12.5. The molecule has 0 unspecified atom stereocenters. The lowest BCUT2D eigenvalue weighted by Crippen LogP contribution is -2.05. The van der Waals surface area contributed by atoms with Gasteiger partial charge in [0.2, 0.25) is 0 Å². The minimum absolute atomic E-state index is 0.753. The molecule has 0 amide bonds. The van der Waals surface area contributed by atoms with Gasteiger partial charge in [-0.3, -0.25) is 4.98 Å². The normalized spacial score (nSPS) is 11.3. The first-order chi connectivity index (χ1) is 10.7. The zero-order chi connectivity index (χ0) is 15.1. The second-order valence-electron chi connectivity index (χ2n) is 5.65. The van der Waals surface area contributed by atoms with Crippen LogP contribution in [0.15, 0.2) is 60.7 Å². The Morgan fingerprint density at radius 1 is 1.00 bits per heavy atom. The van der Waals surface area contributed by atoms with Crippen LogP contribution < -0.4 is 5.73 Å². The molecule has 2 N–H and O–H groups in total. The molecule has 4 rings (SSSR count). The molecule has 0 aliphatic heterocycles. The van der Waals surface area contributed by atoms with Crippen molar-refractivity contribution in [2.45, 2.75) is 13.5 Å². The van der Waals surface area contributed by atoms with Crippen molar-refractivity contribution in [2.24, 2.45) is 0 Å². The van der Waals surface area contributed by atoms with E-state index < -0.39 is 0 Å². The van der Waals surface area contributed by atoms with Crippen molar-refractivity contribution in [3.63, 3.8) is 0 Å². The average molecular weight is 287 g/mol. The van der Waals surface area contributed by atoms with E-state index in [1.54, 1.807) is 0 Å². The number of nitrogen functional groups attached to an aromatic ring is 1. The van der Waals surface area contributed by atoms with Gasteiger partial charge in [-0.2, -0.15) is 0 Å². The molecular weight excluding hydrogens is 270 g/mol. The van der Waals surface area contributed by atoms with Crippen molar-refractivity contribution >= 4 is 27.6 Å². The topological polar surface area (TPSA) is 43.8 Å². The van der Waals surface area contributed by atoms with E-state index in [1.807, 2.05) is 31.2 Å². The van der Waals surface area contributed by atoms with Gasteiger partial charge >= 0.3 is 0 Å². The maximum Gasteiger partial charge on any atom is 0.104 e. The maximum absolute atomic E-state index is 6.23. The summed E-state index contributed by atoms with van der Waals surface area (Å²) in [5.74, 6) is 0.791. The number of anilines is 1. The van der Waals surface area contributed by atoms with Crippen molar-refractivity contribution < 1.29 is 0 Å². The molecule has 4 aromatic rings. The molecule has 0 atom stereocenters. The predicted molar refractivity (Wildman–Crippen MR) is 91.9 cm³/mol. The van der Waals surface area contributed by atoms with E-state index in [4.69, 9.17) is 5.73 Å². The highest BCUT2D eigenvalue weighted by atomic mass is 15.0. The zero-order valence-corrected chi connectivity index (χ0v) is 12.5. The van der Waals surface area contributed by atoms with Crippen molar-refractivity contribution in [2.75, 3.05) is 5.73 Å². The Morgan fingerprint density at radius 2 is 1.77 bits per heavy atom. The second-order valence-corrected chi connectivity index (χ2v) is 5.65. The molecule has 0 radical (unpaired) electrons. The number of nitrogens with two attached hydrogens (primary N) is 1. The van der Waals surface area contributed by atoms with Crippen LogP contribution in [0, 0.1) is 6.92 Å². The first-order valence-corrected chi connectivity index (χ1v) is 7.41. The summed E-state index contributed by atoms with van der Waals surface area (Å²) in [7, 11) is 0. The monoisotopic (exact) mass is 287 g/mol. The summed E-state index contributed by atoms with van der Waals surface area (Å²) in [4.78, 5) is 4.61. The summed E-state index contributed by atoms with van der Waals surface area (Å²) in [5, 5.41) is 2.36. The van der Waals surface area contributed by atoms with Crippen LogP contribution in [-0.4, -0.2) is 9.55 Å². The van der Waals surface area contributed by atoms with Crippen molar-refractivity contribution in [1.82, 2.24) is 9.55 Å². The smallest absolute Gasteiger partial charge is 0.104 e. The standard InChI is InChI=1S/C19H17N3/c1-13-10-15(16-7-3-4-8-17(16)21-13)12-22-18-9-5-2-6-14(18)11-19(22)20/h2-11H,12,20H2,1H3. The van der Waals surface area contributed by atoms with Crippen LogP contribution in [-0.2, 0) is 6.54 Å². The molecule has 3 heteroatoms. The van der Waals surface area contributed by atoms with Gasteiger partial charge < -0.3 is 10.3 Å². The van der Waals surface area contributed by atoms with E-state index in [9.17, 15) is 0 Å². The highest BCUT2D eigenvalue weighted by molar-refractivity contribution is 5.86. The number of fused-ring (bicyclic) bond motifs is 2. The number of hydrogen-bond donors (Lipinski definition) is 1. The molecule has 0 bridgehead atoms. The van der Waals surface area contributed by atoms with E-state index in [-0.39, 0.29) is 0 Å². The number of nitrogens with zero attached hydrogens (tertiary/aromatic N) is 2. The van der Waals surface area contributed by atoms with E-state index >= 15 is 0 Å². The fourth-order valence-electron chi connectivity index (χ4n) is 3.10. The van der Waals surface area contributed by atoms with Crippen LogP contribution in [0.1, 0.15) is 11.3 Å². The lowest BCUT2D eigenvalue weighted by Gasteiger charge is -2.11. The quantitative estimate of drug-likeness (QED) is 0.602. The maximum atomic E-state index is 6.23. The predicted octanol–water partition coefficient (Wildman–Crippen LogP) is 4.13. The average Bonchev–Trinajstić information content (AvgIpc) is 2.83. The molecular formula is C19H17N3. The molecule has 3 nitrogen and oxygen atoms in total. The van der Waals surface area contributed by atoms with Crippen molar-refractivity contribution in [1.29, 1.82) is 0 Å². The van der Waals surface area contributed by atoms with Crippen LogP contribution in [0.4, 0.5) is 5.82 Å². The highest BCUT2D eigenvalue weighted by Gasteiger charge is 2.09. The van der Waals surface area contributed by atoms with Gasteiger partial charge in [-0.25, -0.2) is 0 Å². The van der Waals surface area contributed by atoms with Crippen LogP contribution in [0.2, 0.25) is 0 Å². The number of rotatable bonds is 2. The molecule has 0 aliphatic carbocycles. The van der Waals surface area contributed by atoms with Crippen LogP contribution in [0.5, 0.6) is 0 Å². The number of pyridine rings is 1. The van der Waals surface area contributed by atoms with E-state index in [0.717, 1.165) is 23.6 Å². The fourth-order valence-corrected chi connectivity index (χ4v) is 3.10. The summed E-state index contributed by atoms with van der Waals surface area (Å²) < 4.78 is 2.16. The number of aryl methyl sites for hydroxylation is 1. The third-order valence-electron chi connectivity index (χ3n) is 4.10. The van der Waals surface area contributed by atoms with E-state index in [2.05, 4.69) is 45.9 Å². The Labute approximate surface area is 129 Å². The van der Waals surface area contributed by atoms with Gasteiger partial charge in [-0.15, -0.1) is 0 Å². The lowest BCUT2D eigenvalue weighted by molar-refractivity contribution is 0.852. The number of hydrogen-bond acceptors (Lipinski definition) is 2. The fraction of sp³-hybridized carbons (Fsp3) is 0.105. The van der Waals surface area contributed by atoms with Crippen LogP contribution in [0.3, 0.4) is 0 Å². The molecule has 0 fully saturated rings. The minimum Gasteiger partial charge on any atom is -0.385 e. The second kappa shape index (κ2) is 4.88. The minimum atomic E-state index is 0.753. The summed E-state index contributed by atoms with van der Waals surface area (Å²) in [6.45, 7) is 2.79. The van der Waals surface area contributed by atoms with Crippen LogP contribution >= 0.6 is 0 Å². The van der Waals surface area contributed by atoms with Gasteiger partial charge in [0.05, 0.1) is 17.6 Å². The van der Waals surface area contributed by atoms with Gasteiger partial charge in [0, 0.05) is 16.5 Å². The third-order valence-corrected chi connectivity index (χ3v) is 4.10. The molecule has 0 aliphatic rings. The molecule has 2 heterocycles. The van der Waals surface area contributed by atoms with Crippen molar-refractivity contribution in [3.05, 3.63) is 71.9 Å². The Bertz CT molecular complexity index is 982. The summed E-state index contributed by atoms with van der Waals surface area (Å²) in [6, 6.07) is 20.7. The third kappa shape index (κ3) is 2.02. The first-order valence-electron chi connectivity index (χ1n) is 7.41. The molecule has 0 spiro atoms. The molecule has 2 aromatic heterocycles. The summed E-state index contributed by atoms with van der Waals surface area (Å²) in [6.07, 6.45) is 0. The SMILES string of the molecule is Cc1cc(Cn2c(N)cc3ccccc32)c2ccccc2n1. The van der Waals surface area contributed by atoms with Crippen LogP contribution in [0.25, 0.3) is 21.8 Å². The Kier molecular flexibility index (Phi) is 2.86. The van der Waals surface area contributed by atoms with Gasteiger partial charge in [0.1, 0.15) is 5.82 Å². The molecule has 108 valence electrons. The van der Waals surface area contributed by atoms with Gasteiger partial charge in [-0.1, -0.05) is 36.4 Å². The first kappa shape index (κ1) is 12.9. The van der Waals surface area contributed by atoms with Gasteiger partial charge in [0.25, 0.3) is 0 Å². The van der Waals surface area contributed by atoms with Crippen molar-refractivity contribution in [3.8, 4) is 0 Å². The largest absolute Gasteiger partial charge is 0.385 e. The number of aromatic nitrogens is 2. The Morgan fingerprint density at radius 3 is 2.68 bits per heavy atom.